The average molecular weight is 272 g/mol. The van der Waals surface area contributed by atoms with Crippen molar-refractivity contribution in [3.8, 4) is 0 Å². The average Bonchev–Trinajstić information content (AvgIpc) is 2.90. The fraction of sp³-hybridized carbons (Fsp3) is 0.714. The largest absolute Gasteiger partial charge is 0.316 e. The van der Waals surface area contributed by atoms with E-state index in [0.29, 0.717) is 0 Å². The summed E-state index contributed by atoms with van der Waals surface area (Å²) < 4.78 is 0.929. The maximum atomic E-state index is 5.99. The van der Waals surface area contributed by atoms with E-state index in [1.54, 1.807) is 11.3 Å². The molecule has 0 amide bonds. The highest BCUT2D eigenvalue weighted by atomic mass is 35.5. The summed E-state index contributed by atoms with van der Waals surface area (Å²) in [5, 5.41) is 3.58. The molecule has 0 saturated heterocycles. The van der Waals surface area contributed by atoms with E-state index < -0.39 is 0 Å². The van der Waals surface area contributed by atoms with Crippen LogP contribution in [0.2, 0.25) is 4.34 Å². The van der Waals surface area contributed by atoms with Gasteiger partial charge in [0, 0.05) is 4.88 Å². The van der Waals surface area contributed by atoms with Gasteiger partial charge < -0.3 is 5.32 Å². The standard InChI is InChI=1S/C14H22ClNS/c1-2-8-16-10-12-5-3-4-11(12)9-13-6-7-14(15)17-13/h6-7,11-12,16H,2-5,8-10H2,1H3. The molecule has 1 fully saturated rings. The van der Waals surface area contributed by atoms with Gasteiger partial charge in [-0.15, -0.1) is 11.3 Å². The van der Waals surface area contributed by atoms with Gasteiger partial charge in [-0.3, -0.25) is 0 Å². The Bertz CT molecular complexity index is 337. The summed E-state index contributed by atoms with van der Waals surface area (Å²) >= 11 is 7.74. The van der Waals surface area contributed by atoms with Crippen molar-refractivity contribution in [2.45, 2.75) is 39.0 Å². The van der Waals surface area contributed by atoms with E-state index >= 15 is 0 Å². The lowest BCUT2D eigenvalue weighted by atomic mass is 9.92. The molecule has 1 aromatic heterocycles. The number of thiophene rings is 1. The Morgan fingerprint density at radius 1 is 1.35 bits per heavy atom. The zero-order valence-corrected chi connectivity index (χ0v) is 12.1. The quantitative estimate of drug-likeness (QED) is 0.758. The Balaban J connectivity index is 1.82. The number of hydrogen-bond acceptors (Lipinski definition) is 2. The van der Waals surface area contributed by atoms with Crippen molar-refractivity contribution in [1.29, 1.82) is 0 Å². The maximum absolute atomic E-state index is 5.99. The van der Waals surface area contributed by atoms with E-state index in [1.165, 1.54) is 43.5 Å². The highest BCUT2D eigenvalue weighted by Crippen LogP contribution is 2.35. The van der Waals surface area contributed by atoms with E-state index in [-0.39, 0.29) is 0 Å². The van der Waals surface area contributed by atoms with Crippen LogP contribution in [0.3, 0.4) is 0 Å². The molecule has 2 rings (SSSR count). The van der Waals surface area contributed by atoms with Crippen LogP contribution >= 0.6 is 22.9 Å². The molecule has 1 aliphatic carbocycles. The molecule has 2 unspecified atom stereocenters. The molecule has 1 aromatic rings. The molecule has 17 heavy (non-hydrogen) atoms. The third-order valence-corrected chi connectivity index (χ3v) is 5.00. The summed E-state index contributed by atoms with van der Waals surface area (Å²) in [7, 11) is 0. The third-order valence-electron chi connectivity index (χ3n) is 3.74. The van der Waals surface area contributed by atoms with Crippen LogP contribution < -0.4 is 5.32 Å². The maximum Gasteiger partial charge on any atom is 0.0931 e. The SMILES string of the molecule is CCCNCC1CCCC1Cc1ccc(Cl)s1. The predicted molar refractivity (Wildman–Crippen MR) is 77.0 cm³/mol. The van der Waals surface area contributed by atoms with Crippen molar-refractivity contribution in [2.24, 2.45) is 11.8 Å². The van der Waals surface area contributed by atoms with Crippen molar-refractivity contribution in [3.05, 3.63) is 21.3 Å². The monoisotopic (exact) mass is 271 g/mol. The second-order valence-corrected chi connectivity index (χ2v) is 6.86. The zero-order valence-electron chi connectivity index (χ0n) is 10.5. The molecule has 96 valence electrons. The van der Waals surface area contributed by atoms with E-state index in [0.717, 1.165) is 22.7 Å². The van der Waals surface area contributed by atoms with Crippen LogP contribution in [-0.4, -0.2) is 13.1 Å². The summed E-state index contributed by atoms with van der Waals surface area (Å²) in [6, 6.07) is 4.22. The lowest BCUT2D eigenvalue weighted by Gasteiger charge is -2.19. The molecule has 1 nitrogen and oxygen atoms in total. The molecule has 0 aliphatic heterocycles. The highest BCUT2D eigenvalue weighted by Gasteiger charge is 2.27. The van der Waals surface area contributed by atoms with Crippen molar-refractivity contribution in [1.82, 2.24) is 5.32 Å². The first-order valence-electron chi connectivity index (χ1n) is 6.74. The second-order valence-electron chi connectivity index (χ2n) is 5.07. The zero-order chi connectivity index (χ0) is 12.1. The van der Waals surface area contributed by atoms with Crippen molar-refractivity contribution < 1.29 is 0 Å². The van der Waals surface area contributed by atoms with Gasteiger partial charge >= 0.3 is 0 Å². The normalized spacial score (nSPS) is 24.4. The van der Waals surface area contributed by atoms with E-state index in [9.17, 15) is 0 Å². The van der Waals surface area contributed by atoms with Crippen molar-refractivity contribution in [2.75, 3.05) is 13.1 Å². The van der Waals surface area contributed by atoms with Crippen LogP contribution in [0.1, 0.15) is 37.5 Å². The number of hydrogen-bond donors (Lipinski definition) is 1. The molecule has 2 atom stereocenters. The summed E-state index contributed by atoms with van der Waals surface area (Å²) in [5.41, 5.74) is 0. The van der Waals surface area contributed by atoms with Crippen LogP contribution in [0.5, 0.6) is 0 Å². The molecule has 1 aliphatic rings. The van der Waals surface area contributed by atoms with Gasteiger partial charge in [-0.05, 0) is 62.7 Å². The number of rotatable bonds is 6. The van der Waals surface area contributed by atoms with Crippen molar-refractivity contribution >= 4 is 22.9 Å². The molecule has 1 N–H and O–H groups in total. The summed E-state index contributed by atoms with van der Waals surface area (Å²) in [5.74, 6) is 1.75. The van der Waals surface area contributed by atoms with Gasteiger partial charge in [-0.25, -0.2) is 0 Å². The van der Waals surface area contributed by atoms with Gasteiger partial charge in [0.15, 0.2) is 0 Å². The first kappa shape index (κ1) is 13.4. The first-order chi connectivity index (χ1) is 8.29. The van der Waals surface area contributed by atoms with Crippen LogP contribution in [-0.2, 0) is 6.42 Å². The Morgan fingerprint density at radius 3 is 2.88 bits per heavy atom. The van der Waals surface area contributed by atoms with Crippen LogP contribution in [0.25, 0.3) is 0 Å². The smallest absolute Gasteiger partial charge is 0.0931 e. The summed E-state index contributed by atoms with van der Waals surface area (Å²) in [6.45, 7) is 4.60. The highest BCUT2D eigenvalue weighted by molar-refractivity contribution is 7.16. The van der Waals surface area contributed by atoms with E-state index in [4.69, 9.17) is 11.6 Å². The number of nitrogens with one attached hydrogen (secondary N) is 1. The second kappa shape index (κ2) is 6.77. The molecule has 1 saturated carbocycles. The van der Waals surface area contributed by atoms with Gasteiger partial charge in [-0.1, -0.05) is 24.9 Å². The first-order valence-corrected chi connectivity index (χ1v) is 7.94. The van der Waals surface area contributed by atoms with Crippen LogP contribution in [0.4, 0.5) is 0 Å². The summed E-state index contributed by atoms with van der Waals surface area (Å²) in [6.07, 6.45) is 6.67. The molecular formula is C14H22ClNS. The lowest BCUT2D eigenvalue weighted by molar-refractivity contribution is 0.367. The molecule has 0 spiro atoms. The van der Waals surface area contributed by atoms with Gasteiger partial charge in [-0.2, -0.15) is 0 Å². The van der Waals surface area contributed by atoms with Gasteiger partial charge in [0.2, 0.25) is 0 Å². The Morgan fingerprint density at radius 2 is 2.18 bits per heavy atom. The van der Waals surface area contributed by atoms with Gasteiger partial charge in [0.05, 0.1) is 4.34 Å². The Kier molecular flexibility index (Phi) is 5.33. The summed E-state index contributed by atoms with van der Waals surface area (Å²) in [4.78, 5) is 1.46. The topological polar surface area (TPSA) is 12.0 Å². The third kappa shape index (κ3) is 3.97. The van der Waals surface area contributed by atoms with E-state index in [1.807, 2.05) is 6.07 Å². The molecule has 0 aromatic carbocycles. The van der Waals surface area contributed by atoms with E-state index in [2.05, 4.69) is 18.3 Å². The number of halogens is 1. The van der Waals surface area contributed by atoms with Crippen LogP contribution in [0, 0.1) is 11.8 Å². The fourth-order valence-corrected chi connectivity index (χ4v) is 4.02. The molecular weight excluding hydrogens is 250 g/mol. The lowest BCUT2D eigenvalue weighted by Crippen LogP contribution is -2.26. The van der Waals surface area contributed by atoms with Crippen LogP contribution in [0.15, 0.2) is 12.1 Å². The molecule has 1 heterocycles. The predicted octanol–water partition coefficient (Wildman–Crippen LogP) is 4.36. The Labute approximate surface area is 114 Å². The molecule has 0 bridgehead atoms. The minimum atomic E-state index is 0.870. The van der Waals surface area contributed by atoms with Gasteiger partial charge in [0.25, 0.3) is 0 Å². The fourth-order valence-electron chi connectivity index (χ4n) is 2.84. The van der Waals surface area contributed by atoms with Crippen molar-refractivity contribution in [3.63, 3.8) is 0 Å². The molecule has 3 heteroatoms. The Hall–Kier alpha value is -0.0500. The minimum absolute atomic E-state index is 0.870. The van der Waals surface area contributed by atoms with Gasteiger partial charge in [0.1, 0.15) is 0 Å². The minimum Gasteiger partial charge on any atom is -0.316 e. The molecule has 0 radical (unpaired) electrons.